The Hall–Kier alpha value is -1.59. The van der Waals surface area contributed by atoms with Gasteiger partial charge in [-0.3, -0.25) is 9.59 Å². The maximum atomic E-state index is 12.9. The molecule has 1 aliphatic carbocycles. The van der Waals surface area contributed by atoms with Gasteiger partial charge >= 0.3 is 0 Å². The molecular weight excluding hydrogens is 326 g/mol. The van der Waals surface area contributed by atoms with Crippen LogP contribution in [0.3, 0.4) is 0 Å². The Balaban J connectivity index is 1.79. The van der Waals surface area contributed by atoms with Crippen LogP contribution in [0.1, 0.15) is 37.3 Å². The van der Waals surface area contributed by atoms with Gasteiger partial charge in [-0.15, -0.1) is 0 Å². The summed E-state index contributed by atoms with van der Waals surface area (Å²) in [5.74, 6) is -0.113. The van der Waals surface area contributed by atoms with E-state index in [-0.39, 0.29) is 36.2 Å². The quantitative estimate of drug-likeness (QED) is 0.874. The van der Waals surface area contributed by atoms with Crippen molar-refractivity contribution in [3.63, 3.8) is 0 Å². The molecule has 2 aliphatic rings. The average molecular weight is 350 g/mol. The van der Waals surface area contributed by atoms with Crippen LogP contribution in [0.25, 0.3) is 0 Å². The highest BCUT2D eigenvalue weighted by molar-refractivity contribution is 6.30. The van der Waals surface area contributed by atoms with Gasteiger partial charge in [-0.2, -0.15) is 0 Å². The van der Waals surface area contributed by atoms with Gasteiger partial charge in [-0.1, -0.05) is 30.2 Å². The topological polar surface area (TPSA) is 75.4 Å². The molecule has 0 spiro atoms. The van der Waals surface area contributed by atoms with E-state index in [1.807, 2.05) is 18.2 Å². The predicted molar refractivity (Wildman–Crippen MR) is 93.4 cm³/mol. The van der Waals surface area contributed by atoms with Gasteiger partial charge in [0.05, 0.1) is 12.0 Å². The first-order valence-corrected chi connectivity index (χ1v) is 8.90. The Kier molecular flexibility index (Phi) is 5.11. The number of hydrogen-bond acceptors (Lipinski definition) is 3. The van der Waals surface area contributed by atoms with Crippen molar-refractivity contribution < 1.29 is 9.59 Å². The fraction of sp³-hybridized carbons (Fsp3) is 0.556. The third-order valence-electron chi connectivity index (χ3n) is 5.40. The fourth-order valence-corrected chi connectivity index (χ4v) is 4.25. The lowest BCUT2D eigenvalue weighted by molar-refractivity contribution is -0.128. The molecule has 4 atom stereocenters. The maximum absolute atomic E-state index is 12.9. The third-order valence-corrected chi connectivity index (χ3v) is 5.64. The summed E-state index contributed by atoms with van der Waals surface area (Å²) in [6.45, 7) is 0.589. The molecule has 0 unspecified atom stereocenters. The highest BCUT2D eigenvalue weighted by Crippen LogP contribution is 2.38. The van der Waals surface area contributed by atoms with Crippen LogP contribution in [-0.4, -0.2) is 36.3 Å². The molecule has 1 heterocycles. The monoisotopic (exact) mass is 349 g/mol. The number of nitrogens with zero attached hydrogens (tertiary/aromatic N) is 1. The lowest BCUT2D eigenvalue weighted by Gasteiger charge is -2.27. The minimum atomic E-state index is -0.389. The molecule has 5 nitrogen and oxygen atoms in total. The van der Waals surface area contributed by atoms with E-state index in [1.54, 1.807) is 18.0 Å². The van der Waals surface area contributed by atoms with E-state index in [0.717, 1.165) is 24.8 Å². The van der Waals surface area contributed by atoms with Crippen molar-refractivity contribution >= 4 is 23.4 Å². The SMILES string of the molecule is CN1C(=O)C[C@H](C(=O)N[C@@H]2CCC[C@H]2CN)[C@H]1c1cccc(Cl)c1. The lowest BCUT2D eigenvalue weighted by Crippen LogP contribution is -2.43. The second kappa shape index (κ2) is 7.11. The smallest absolute Gasteiger partial charge is 0.226 e. The number of halogens is 1. The van der Waals surface area contributed by atoms with Crippen molar-refractivity contribution in [1.29, 1.82) is 0 Å². The predicted octanol–water partition coefficient (Wildman–Crippen LogP) is 2.10. The van der Waals surface area contributed by atoms with Gasteiger partial charge < -0.3 is 16.0 Å². The summed E-state index contributed by atoms with van der Waals surface area (Å²) in [5, 5.41) is 3.76. The van der Waals surface area contributed by atoms with Gasteiger partial charge in [-0.25, -0.2) is 0 Å². The van der Waals surface area contributed by atoms with Crippen molar-refractivity contribution in [2.45, 2.75) is 37.8 Å². The first-order chi connectivity index (χ1) is 11.5. The molecule has 0 aromatic heterocycles. The molecule has 130 valence electrons. The second-order valence-corrected chi connectivity index (χ2v) is 7.29. The zero-order valence-electron chi connectivity index (χ0n) is 13.9. The summed E-state index contributed by atoms with van der Waals surface area (Å²) in [6.07, 6.45) is 3.35. The number of rotatable bonds is 4. The minimum absolute atomic E-state index is 0.0121. The van der Waals surface area contributed by atoms with E-state index in [9.17, 15) is 9.59 Å². The summed E-state index contributed by atoms with van der Waals surface area (Å²) in [4.78, 5) is 26.7. The van der Waals surface area contributed by atoms with E-state index in [0.29, 0.717) is 17.5 Å². The normalized spacial score (nSPS) is 30.0. The van der Waals surface area contributed by atoms with Gasteiger partial charge in [0.25, 0.3) is 0 Å². The van der Waals surface area contributed by atoms with E-state index >= 15 is 0 Å². The van der Waals surface area contributed by atoms with Gasteiger partial charge in [-0.05, 0) is 43.0 Å². The van der Waals surface area contributed by atoms with Gasteiger partial charge in [0.2, 0.25) is 11.8 Å². The highest BCUT2D eigenvalue weighted by atomic mass is 35.5. The summed E-state index contributed by atoms with van der Waals surface area (Å²) < 4.78 is 0. The van der Waals surface area contributed by atoms with Crippen molar-refractivity contribution in [2.75, 3.05) is 13.6 Å². The number of benzene rings is 1. The van der Waals surface area contributed by atoms with E-state index in [2.05, 4.69) is 5.32 Å². The van der Waals surface area contributed by atoms with E-state index in [4.69, 9.17) is 17.3 Å². The molecule has 2 fully saturated rings. The molecule has 1 saturated carbocycles. The number of nitrogens with two attached hydrogens (primary N) is 1. The molecule has 1 aromatic rings. The van der Waals surface area contributed by atoms with Crippen LogP contribution in [0.2, 0.25) is 5.02 Å². The third kappa shape index (κ3) is 3.28. The Morgan fingerprint density at radius 2 is 2.21 bits per heavy atom. The molecule has 6 heteroatoms. The van der Waals surface area contributed by atoms with Crippen LogP contribution in [0.4, 0.5) is 0 Å². The summed E-state index contributed by atoms with van der Waals surface area (Å²) >= 11 is 6.09. The van der Waals surface area contributed by atoms with Crippen molar-refractivity contribution in [3.8, 4) is 0 Å². The molecule has 2 amide bonds. The van der Waals surface area contributed by atoms with Crippen LogP contribution in [0, 0.1) is 11.8 Å². The van der Waals surface area contributed by atoms with Crippen LogP contribution in [-0.2, 0) is 9.59 Å². The molecule has 1 aromatic carbocycles. The Morgan fingerprint density at radius 3 is 2.92 bits per heavy atom. The summed E-state index contributed by atoms with van der Waals surface area (Å²) in [5.41, 5.74) is 6.70. The van der Waals surface area contributed by atoms with Crippen LogP contribution in [0.5, 0.6) is 0 Å². The number of likely N-dealkylation sites (tertiary alicyclic amines) is 1. The fourth-order valence-electron chi connectivity index (χ4n) is 4.05. The largest absolute Gasteiger partial charge is 0.353 e. The Bertz CT molecular complexity index is 636. The average Bonchev–Trinajstić information content (AvgIpc) is 3.12. The van der Waals surface area contributed by atoms with Crippen LogP contribution >= 0.6 is 11.6 Å². The Morgan fingerprint density at radius 1 is 1.42 bits per heavy atom. The zero-order chi connectivity index (χ0) is 17.3. The molecule has 24 heavy (non-hydrogen) atoms. The van der Waals surface area contributed by atoms with Gasteiger partial charge in [0.1, 0.15) is 0 Å². The second-order valence-electron chi connectivity index (χ2n) is 6.86. The molecule has 0 bridgehead atoms. The molecule has 1 aliphatic heterocycles. The van der Waals surface area contributed by atoms with Crippen LogP contribution < -0.4 is 11.1 Å². The molecule has 1 saturated heterocycles. The summed E-state index contributed by atoms with van der Waals surface area (Å²) in [6, 6.07) is 7.26. The zero-order valence-corrected chi connectivity index (χ0v) is 14.6. The first kappa shape index (κ1) is 17.2. The van der Waals surface area contributed by atoms with E-state index in [1.165, 1.54) is 0 Å². The molecular formula is C18H24ClN3O2. The molecule has 3 rings (SSSR count). The highest BCUT2D eigenvalue weighted by Gasteiger charge is 2.43. The first-order valence-electron chi connectivity index (χ1n) is 8.53. The number of nitrogens with one attached hydrogen (secondary N) is 1. The summed E-state index contributed by atoms with van der Waals surface area (Å²) in [7, 11) is 1.75. The van der Waals surface area contributed by atoms with Crippen LogP contribution in [0.15, 0.2) is 24.3 Å². The van der Waals surface area contributed by atoms with E-state index < -0.39 is 0 Å². The number of carbonyl (C=O) groups excluding carboxylic acids is 2. The minimum Gasteiger partial charge on any atom is -0.353 e. The molecule has 3 N–H and O–H groups in total. The van der Waals surface area contributed by atoms with Gasteiger partial charge in [0, 0.05) is 24.5 Å². The van der Waals surface area contributed by atoms with Crippen molar-refractivity contribution in [1.82, 2.24) is 10.2 Å². The number of hydrogen-bond donors (Lipinski definition) is 2. The lowest BCUT2D eigenvalue weighted by atomic mass is 9.92. The number of amides is 2. The standard InChI is InChI=1S/C18H24ClN3O2/c1-22-16(23)9-14(17(22)11-4-2-6-13(19)8-11)18(24)21-15-7-3-5-12(15)10-20/h2,4,6,8,12,14-15,17H,3,5,7,9-10,20H2,1H3,(H,21,24)/t12-,14-,15+,17+/m0/s1. The van der Waals surface area contributed by atoms with Gasteiger partial charge in [0.15, 0.2) is 0 Å². The van der Waals surface area contributed by atoms with Crippen molar-refractivity contribution in [2.24, 2.45) is 17.6 Å². The maximum Gasteiger partial charge on any atom is 0.226 e. The Labute approximate surface area is 147 Å². The number of carbonyl (C=O) groups is 2. The van der Waals surface area contributed by atoms with Crippen molar-refractivity contribution in [3.05, 3.63) is 34.9 Å². The molecule has 0 radical (unpaired) electrons.